The van der Waals surface area contributed by atoms with Crippen LogP contribution in [0.4, 0.5) is 0 Å². The van der Waals surface area contributed by atoms with Gasteiger partial charge in [-0.2, -0.15) is 0 Å². The van der Waals surface area contributed by atoms with Crippen molar-refractivity contribution in [3.63, 3.8) is 0 Å². The molecule has 1 N–H and O–H groups in total. The van der Waals surface area contributed by atoms with Crippen LogP contribution in [-0.4, -0.2) is 57.0 Å². The fourth-order valence-corrected chi connectivity index (χ4v) is 2.40. The van der Waals surface area contributed by atoms with Gasteiger partial charge in [-0.3, -0.25) is 0 Å². The third-order valence-electron chi connectivity index (χ3n) is 3.28. The molecule has 0 aromatic rings. The SMILES string of the molecule is CC1CNCCN(CC(C)(C)S(C)(=O)=O)C1. The van der Waals surface area contributed by atoms with Crippen LogP contribution in [-0.2, 0) is 9.84 Å². The van der Waals surface area contributed by atoms with Gasteiger partial charge in [-0.15, -0.1) is 0 Å². The quantitative estimate of drug-likeness (QED) is 0.783. The van der Waals surface area contributed by atoms with E-state index in [0.29, 0.717) is 12.5 Å². The van der Waals surface area contributed by atoms with E-state index in [1.807, 2.05) is 13.8 Å². The lowest BCUT2D eigenvalue weighted by Crippen LogP contribution is -2.45. The standard InChI is InChI=1S/C11H24N2O2S/c1-10-7-12-5-6-13(8-10)9-11(2,3)16(4,14)15/h10,12H,5-9H2,1-4H3. The molecule has 5 heteroatoms. The number of nitrogens with zero attached hydrogens (tertiary/aromatic N) is 1. The molecule has 1 unspecified atom stereocenters. The van der Waals surface area contributed by atoms with E-state index < -0.39 is 14.6 Å². The molecule has 0 aliphatic carbocycles. The molecule has 1 atom stereocenters. The van der Waals surface area contributed by atoms with Crippen LogP contribution in [0.2, 0.25) is 0 Å². The summed E-state index contributed by atoms with van der Waals surface area (Å²) in [5.74, 6) is 0.581. The maximum atomic E-state index is 11.7. The van der Waals surface area contributed by atoms with Crippen LogP contribution in [0.1, 0.15) is 20.8 Å². The van der Waals surface area contributed by atoms with Gasteiger partial charge in [-0.25, -0.2) is 8.42 Å². The summed E-state index contributed by atoms with van der Waals surface area (Å²) in [5.41, 5.74) is 0. The van der Waals surface area contributed by atoms with Gasteiger partial charge in [-0.05, 0) is 26.3 Å². The molecule has 0 spiro atoms. The van der Waals surface area contributed by atoms with Crippen LogP contribution in [0.5, 0.6) is 0 Å². The number of nitrogens with one attached hydrogen (secondary N) is 1. The summed E-state index contributed by atoms with van der Waals surface area (Å²) in [6.45, 7) is 10.3. The third kappa shape index (κ3) is 3.71. The van der Waals surface area contributed by atoms with Crippen molar-refractivity contribution in [1.29, 1.82) is 0 Å². The zero-order chi connectivity index (χ0) is 12.4. The third-order valence-corrected chi connectivity index (χ3v) is 5.41. The summed E-state index contributed by atoms with van der Waals surface area (Å²) in [6.07, 6.45) is 1.33. The molecular weight excluding hydrogens is 224 g/mol. The van der Waals surface area contributed by atoms with Crippen LogP contribution < -0.4 is 5.32 Å². The first-order valence-corrected chi connectivity index (χ1v) is 7.74. The monoisotopic (exact) mass is 248 g/mol. The minimum absolute atomic E-state index is 0.581. The normalized spacial score (nSPS) is 25.4. The fourth-order valence-electron chi connectivity index (χ4n) is 1.98. The molecule has 16 heavy (non-hydrogen) atoms. The van der Waals surface area contributed by atoms with Crippen LogP contribution >= 0.6 is 0 Å². The van der Waals surface area contributed by atoms with Gasteiger partial charge in [0.1, 0.15) is 0 Å². The van der Waals surface area contributed by atoms with Gasteiger partial charge in [0.25, 0.3) is 0 Å². The summed E-state index contributed by atoms with van der Waals surface area (Å²) < 4.78 is 22.6. The van der Waals surface area contributed by atoms with E-state index in [1.165, 1.54) is 6.26 Å². The minimum atomic E-state index is -2.99. The summed E-state index contributed by atoms with van der Waals surface area (Å²) in [6, 6.07) is 0. The summed E-state index contributed by atoms with van der Waals surface area (Å²) in [4.78, 5) is 2.26. The first-order valence-electron chi connectivity index (χ1n) is 5.85. The molecule has 0 saturated carbocycles. The van der Waals surface area contributed by atoms with E-state index in [1.54, 1.807) is 0 Å². The average Bonchev–Trinajstić information content (AvgIpc) is 2.27. The van der Waals surface area contributed by atoms with E-state index in [-0.39, 0.29) is 0 Å². The maximum Gasteiger partial charge on any atom is 0.153 e. The van der Waals surface area contributed by atoms with Crippen molar-refractivity contribution in [2.75, 3.05) is 39.0 Å². The van der Waals surface area contributed by atoms with Gasteiger partial charge in [-0.1, -0.05) is 6.92 Å². The number of hydrogen-bond acceptors (Lipinski definition) is 4. The Morgan fingerprint density at radius 3 is 2.62 bits per heavy atom. The second-order valence-corrected chi connectivity index (χ2v) is 8.23. The lowest BCUT2D eigenvalue weighted by Gasteiger charge is -2.31. The second kappa shape index (κ2) is 5.02. The Morgan fingerprint density at radius 1 is 1.44 bits per heavy atom. The predicted octanol–water partition coefficient (Wildman–Crippen LogP) is 0.351. The number of rotatable bonds is 3. The van der Waals surface area contributed by atoms with Gasteiger partial charge in [0.2, 0.25) is 0 Å². The van der Waals surface area contributed by atoms with E-state index >= 15 is 0 Å². The Labute approximate surface area is 99.3 Å². The molecule has 0 radical (unpaired) electrons. The van der Waals surface area contributed by atoms with Crippen LogP contribution in [0.3, 0.4) is 0 Å². The largest absolute Gasteiger partial charge is 0.315 e. The van der Waals surface area contributed by atoms with Crippen molar-refractivity contribution >= 4 is 9.84 Å². The molecule has 1 heterocycles. The number of sulfone groups is 1. The highest BCUT2D eigenvalue weighted by atomic mass is 32.2. The van der Waals surface area contributed by atoms with Crippen LogP contribution in [0.15, 0.2) is 0 Å². The van der Waals surface area contributed by atoms with Crippen LogP contribution in [0, 0.1) is 5.92 Å². The molecule has 0 bridgehead atoms. The summed E-state index contributed by atoms with van der Waals surface area (Å²) in [7, 11) is -2.99. The zero-order valence-electron chi connectivity index (χ0n) is 10.8. The average molecular weight is 248 g/mol. The van der Waals surface area contributed by atoms with Crippen molar-refractivity contribution in [2.24, 2.45) is 5.92 Å². The van der Waals surface area contributed by atoms with Gasteiger partial charge < -0.3 is 10.2 Å². The molecule has 1 aliphatic heterocycles. The summed E-state index contributed by atoms with van der Waals surface area (Å²) in [5, 5.41) is 3.36. The molecule has 1 saturated heterocycles. The highest BCUT2D eigenvalue weighted by molar-refractivity contribution is 7.92. The first-order chi connectivity index (χ1) is 7.22. The van der Waals surface area contributed by atoms with Gasteiger partial charge in [0.05, 0.1) is 4.75 Å². The molecule has 0 aromatic heterocycles. The second-order valence-electron chi connectivity index (χ2n) is 5.58. The first kappa shape index (κ1) is 13.9. The lowest BCUT2D eigenvalue weighted by atomic mass is 10.1. The van der Waals surface area contributed by atoms with E-state index in [2.05, 4.69) is 17.1 Å². The van der Waals surface area contributed by atoms with Crippen molar-refractivity contribution < 1.29 is 8.42 Å². The highest BCUT2D eigenvalue weighted by Crippen LogP contribution is 2.18. The molecule has 0 amide bonds. The van der Waals surface area contributed by atoms with Crippen LogP contribution in [0.25, 0.3) is 0 Å². The van der Waals surface area contributed by atoms with Gasteiger partial charge >= 0.3 is 0 Å². The minimum Gasteiger partial charge on any atom is -0.315 e. The zero-order valence-corrected chi connectivity index (χ0v) is 11.6. The lowest BCUT2D eigenvalue weighted by molar-refractivity contribution is 0.244. The Hall–Kier alpha value is -0.130. The van der Waals surface area contributed by atoms with Crippen molar-refractivity contribution in [3.8, 4) is 0 Å². The Bertz CT molecular complexity index is 325. The van der Waals surface area contributed by atoms with E-state index in [4.69, 9.17) is 0 Å². The van der Waals surface area contributed by atoms with E-state index in [9.17, 15) is 8.42 Å². The highest BCUT2D eigenvalue weighted by Gasteiger charge is 2.32. The Balaban J connectivity index is 2.65. The van der Waals surface area contributed by atoms with Crippen molar-refractivity contribution in [1.82, 2.24) is 10.2 Å². The molecule has 96 valence electrons. The van der Waals surface area contributed by atoms with Crippen molar-refractivity contribution in [2.45, 2.75) is 25.5 Å². The fraction of sp³-hybridized carbons (Fsp3) is 1.00. The van der Waals surface area contributed by atoms with Gasteiger partial charge in [0.15, 0.2) is 9.84 Å². The molecule has 0 aromatic carbocycles. The Kier molecular flexibility index (Phi) is 4.37. The molecular formula is C11H24N2O2S. The number of hydrogen-bond donors (Lipinski definition) is 1. The van der Waals surface area contributed by atoms with E-state index in [0.717, 1.165) is 26.2 Å². The molecule has 1 aliphatic rings. The molecule has 1 fully saturated rings. The summed E-state index contributed by atoms with van der Waals surface area (Å²) >= 11 is 0. The molecule has 4 nitrogen and oxygen atoms in total. The van der Waals surface area contributed by atoms with Crippen molar-refractivity contribution in [3.05, 3.63) is 0 Å². The molecule has 1 rings (SSSR count). The van der Waals surface area contributed by atoms with Gasteiger partial charge in [0, 0.05) is 32.4 Å². The maximum absolute atomic E-state index is 11.7. The predicted molar refractivity (Wildman–Crippen MR) is 67.4 cm³/mol. The topological polar surface area (TPSA) is 49.4 Å². The Morgan fingerprint density at radius 2 is 2.06 bits per heavy atom. The smallest absolute Gasteiger partial charge is 0.153 e.